The number of para-hydroxylation sites is 1. The van der Waals surface area contributed by atoms with Gasteiger partial charge in [0.05, 0.1) is 17.9 Å². The van der Waals surface area contributed by atoms with Crippen LogP contribution < -0.4 is 5.32 Å². The zero-order chi connectivity index (χ0) is 14.7. The Bertz CT molecular complexity index is 742. The van der Waals surface area contributed by atoms with Crippen LogP contribution in [0.4, 0.5) is 14.5 Å². The molecule has 1 N–H and O–H groups in total. The highest BCUT2D eigenvalue weighted by Crippen LogP contribution is 2.16. The second-order valence-corrected chi connectivity index (χ2v) is 4.32. The van der Waals surface area contributed by atoms with Crippen LogP contribution in [0.1, 0.15) is 5.82 Å². The molecular formula is C14H11F2N5. The molecule has 0 saturated heterocycles. The smallest absolute Gasteiger partial charge is 0.175 e. The molecular weight excluding hydrogens is 276 g/mol. The molecule has 1 aromatic heterocycles. The molecule has 7 heteroatoms. The highest BCUT2D eigenvalue weighted by molar-refractivity contribution is 5.45. The van der Waals surface area contributed by atoms with Gasteiger partial charge in [-0.15, -0.1) is 5.10 Å². The van der Waals surface area contributed by atoms with Gasteiger partial charge in [0.1, 0.15) is 11.6 Å². The molecule has 0 aliphatic heterocycles. The fourth-order valence-electron chi connectivity index (χ4n) is 1.89. The van der Waals surface area contributed by atoms with E-state index < -0.39 is 11.6 Å². The zero-order valence-corrected chi connectivity index (χ0v) is 10.9. The summed E-state index contributed by atoms with van der Waals surface area (Å²) >= 11 is 0. The summed E-state index contributed by atoms with van der Waals surface area (Å²) in [7, 11) is 0. The molecule has 1 heterocycles. The molecule has 0 fully saturated rings. The maximum Gasteiger partial charge on any atom is 0.175 e. The van der Waals surface area contributed by atoms with Crippen LogP contribution in [0.2, 0.25) is 0 Å². The van der Waals surface area contributed by atoms with Crippen LogP contribution in [-0.4, -0.2) is 20.2 Å². The van der Waals surface area contributed by atoms with Gasteiger partial charge in [0.2, 0.25) is 0 Å². The van der Waals surface area contributed by atoms with Gasteiger partial charge in [-0.05, 0) is 40.8 Å². The van der Waals surface area contributed by atoms with E-state index in [0.29, 0.717) is 5.82 Å². The number of anilines is 1. The number of tetrazole rings is 1. The highest BCUT2D eigenvalue weighted by atomic mass is 19.1. The van der Waals surface area contributed by atoms with Crippen molar-refractivity contribution in [3.63, 3.8) is 0 Å². The lowest BCUT2D eigenvalue weighted by atomic mass is 10.3. The molecule has 0 spiro atoms. The first-order chi connectivity index (χ1) is 10.2. The van der Waals surface area contributed by atoms with Crippen molar-refractivity contribution in [2.75, 3.05) is 5.32 Å². The maximum absolute atomic E-state index is 13.5. The van der Waals surface area contributed by atoms with E-state index in [2.05, 4.69) is 20.8 Å². The molecule has 0 saturated carbocycles. The van der Waals surface area contributed by atoms with Gasteiger partial charge in [-0.25, -0.2) is 8.78 Å². The number of rotatable bonds is 4. The molecule has 0 radical (unpaired) electrons. The van der Waals surface area contributed by atoms with Crippen LogP contribution in [0.15, 0.2) is 48.5 Å². The SMILES string of the molecule is Fc1ccc(F)c(NCc2nnnn2-c2ccccc2)c1. The van der Waals surface area contributed by atoms with Gasteiger partial charge in [-0.3, -0.25) is 0 Å². The van der Waals surface area contributed by atoms with Gasteiger partial charge >= 0.3 is 0 Å². The number of hydrogen-bond acceptors (Lipinski definition) is 4. The second kappa shape index (κ2) is 5.66. The minimum atomic E-state index is -0.532. The lowest BCUT2D eigenvalue weighted by molar-refractivity contribution is 0.602. The van der Waals surface area contributed by atoms with E-state index in [4.69, 9.17) is 0 Å². The third-order valence-corrected chi connectivity index (χ3v) is 2.90. The predicted molar refractivity (Wildman–Crippen MR) is 72.8 cm³/mol. The maximum atomic E-state index is 13.5. The van der Waals surface area contributed by atoms with E-state index in [1.807, 2.05) is 30.3 Å². The zero-order valence-electron chi connectivity index (χ0n) is 10.9. The first-order valence-corrected chi connectivity index (χ1v) is 6.25. The standard InChI is InChI=1S/C14H11F2N5/c15-10-6-7-12(16)13(8-10)17-9-14-18-19-20-21(14)11-4-2-1-3-5-11/h1-8,17H,9H2. The quantitative estimate of drug-likeness (QED) is 0.801. The van der Waals surface area contributed by atoms with Crippen LogP contribution in [0.25, 0.3) is 5.69 Å². The fourth-order valence-corrected chi connectivity index (χ4v) is 1.89. The van der Waals surface area contributed by atoms with Crippen molar-refractivity contribution in [3.05, 3.63) is 66.0 Å². The molecule has 0 amide bonds. The predicted octanol–water partition coefficient (Wildman–Crippen LogP) is 2.55. The van der Waals surface area contributed by atoms with E-state index >= 15 is 0 Å². The first-order valence-electron chi connectivity index (χ1n) is 6.25. The normalized spacial score (nSPS) is 10.6. The Labute approximate surface area is 119 Å². The summed E-state index contributed by atoms with van der Waals surface area (Å²) in [5.74, 6) is -0.554. The molecule has 0 bridgehead atoms. The number of benzene rings is 2. The van der Waals surface area contributed by atoms with Gasteiger partial charge in [0, 0.05) is 0 Å². The summed E-state index contributed by atoms with van der Waals surface area (Å²) in [4.78, 5) is 0. The topological polar surface area (TPSA) is 55.6 Å². The van der Waals surface area contributed by atoms with Gasteiger partial charge in [0.15, 0.2) is 5.82 Å². The third kappa shape index (κ3) is 2.86. The fraction of sp³-hybridized carbons (Fsp3) is 0.0714. The van der Waals surface area contributed by atoms with E-state index in [1.54, 1.807) is 0 Å². The molecule has 5 nitrogen and oxygen atoms in total. The second-order valence-electron chi connectivity index (χ2n) is 4.32. The van der Waals surface area contributed by atoms with Crippen LogP contribution in [0, 0.1) is 11.6 Å². The van der Waals surface area contributed by atoms with E-state index in [0.717, 1.165) is 23.9 Å². The van der Waals surface area contributed by atoms with Crippen molar-refractivity contribution >= 4 is 5.69 Å². The largest absolute Gasteiger partial charge is 0.375 e. The summed E-state index contributed by atoms with van der Waals surface area (Å²) in [6.45, 7) is 0.169. The van der Waals surface area contributed by atoms with Gasteiger partial charge < -0.3 is 5.32 Å². The molecule has 2 aromatic carbocycles. The Morgan fingerprint density at radius 3 is 2.67 bits per heavy atom. The van der Waals surface area contributed by atoms with Crippen molar-refractivity contribution in [2.45, 2.75) is 6.54 Å². The van der Waals surface area contributed by atoms with Crippen LogP contribution in [0.5, 0.6) is 0 Å². The molecule has 0 atom stereocenters. The Balaban J connectivity index is 1.81. The van der Waals surface area contributed by atoms with Gasteiger partial charge in [-0.2, -0.15) is 4.68 Å². The third-order valence-electron chi connectivity index (χ3n) is 2.90. The average Bonchev–Trinajstić information content (AvgIpc) is 2.97. The Morgan fingerprint density at radius 1 is 1.05 bits per heavy atom. The van der Waals surface area contributed by atoms with Crippen molar-refractivity contribution in [1.82, 2.24) is 20.2 Å². The summed E-state index contributed by atoms with van der Waals surface area (Å²) in [5, 5.41) is 14.2. The summed E-state index contributed by atoms with van der Waals surface area (Å²) in [6.07, 6.45) is 0. The Morgan fingerprint density at radius 2 is 1.86 bits per heavy atom. The number of nitrogens with zero attached hydrogens (tertiary/aromatic N) is 4. The molecule has 0 aliphatic rings. The van der Waals surface area contributed by atoms with Crippen LogP contribution >= 0.6 is 0 Å². The first kappa shape index (κ1) is 13.2. The van der Waals surface area contributed by atoms with Crippen LogP contribution in [0.3, 0.4) is 0 Å². The number of halogens is 2. The molecule has 0 unspecified atom stereocenters. The minimum absolute atomic E-state index is 0.0672. The number of hydrogen-bond donors (Lipinski definition) is 1. The molecule has 106 valence electrons. The van der Waals surface area contributed by atoms with E-state index in [-0.39, 0.29) is 12.2 Å². The summed E-state index contributed by atoms with van der Waals surface area (Å²) in [5.41, 5.74) is 0.858. The number of aromatic nitrogens is 4. The van der Waals surface area contributed by atoms with Gasteiger partial charge in [-0.1, -0.05) is 18.2 Å². The van der Waals surface area contributed by atoms with Crippen LogP contribution in [-0.2, 0) is 6.54 Å². The minimum Gasteiger partial charge on any atom is -0.375 e. The van der Waals surface area contributed by atoms with Crippen molar-refractivity contribution < 1.29 is 8.78 Å². The summed E-state index contributed by atoms with van der Waals surface area (Å²) in [6, 6.07) is 12.5. The Hall–Kier alpha value is -2.83. The highest BCUT2D eigenvalue weighted by Gasteiger charge is 2.09. The molecule has 0 aliphatic carbocycles. The number of nitrogens with one attached hydrogen (secondary N) is 1. The van der Waals surface area contributed by atoms with Crippen molar-refractivity contribution in [2.24, 2.45) is 0 Å². The monoisotopic (exact) mass is 287 g/mol. The lowest BCUT2D eigenvalue weighted by Crippen LogP contribution is -2.09. The molecule has 3 rings (SSSR count). The lowest BCUT2D eigenvalue weighted by Gasteiger charge is -2.08. The molecule has 21 heavy (non-hydrogen) atoms. The van der Waals surface area contributed by atoms with E-state index in [1.165, 1.54) is 4.68 Å². The van der Waals surface area contributed by atoms with Crippen molar-refractivity contribution in [1.29, 1.82) is 0 Å². The average molecular weight is 287 g/mol. The van der Waals surface area contributed by atoms with Gasteiger partial charge in [0.25, 0.3) is 0 Å². The summed E-state index contributed by atoms with van der Waals surface area (Å²) < 4.78 is 28.2. The molecule has 3 aromatic rings. The van der Waals surface area contributed by atoms with Crippen molar-refractivity contribution in [3.8, 4) is 5.69 Å². The Kier molecular flexibility index (Phi) is 3.55. The van der Waals surface area contributed by atoms with E-state index in [9.17, 15) is 8.78 Å².